The van der Waals surface area contributed by atoms with Crippen molar-refractivity contribution in [3.05, 3.63) is 65.4 Å². The van der Waals surface area contributed by atoms with Crippen LogP contribution in [-0.2, 0) is 19.1 Å². The van der Waals surface area contributed by atoms with Gasteiger partial charge in [0.05, 0.1) is 0 Å². The fourth-order valence-electron chi connectivity index (χ4n) is 2.64. The highest BCUT2D eigenvalue weighted by Gasteiger charge is 2.38. The van der Waals surface area contributed by atoms with Crippen LogP contribution in [0, 0.1) is 13.8 Å². The third-order valence-electron chi connectivity index (χ3n) is 4.20. The van der Waals surface area contributed by atoms with Crippen molar-refractivity contribution in [2.45, 2.75) is 33.5 Å². The molecule has 0 aliphatic carbocycles. The molecule has 5 nitrogen and oxygen atoms in total. The van der Waals surface area contributed by atoms with Crippen molar-refractivity contribution in [1.82, 2.24) is 0 Å². The molecule has 1 aliphatic rings. The second kappa shape index (κ2) is 6.67. The number of carbonyl (C=O) groups is 2. The molecule has 0 atom stereocenters. The van der Waals surface area contributed by atoms with Gasteiger partial charge in [0.1, 0.15) is 0 Å². The van der Waals surface area contributed by atoms with E-state index in [1.54, 1.807) is 0 Å². The fourth-order valence-corrected chi connectivity index (χ4v) is 2.64. The molecule has 3 rings (SSSR count). The average Bonchev–Trinajstić information content (AvgIpc) is 2.56. The Hall–Kier alpha value is -3.08. The molecule has 5 heteroatoms. The molecular formula is C21H21NO4. The number of nitrogens with one attached hydrogen (secondary N) is 1. The molecule has 134 valence electrons. The second-order valence-corrected chi connectivity index (χ2v) is 6.76. The molecule has 0 spiro atoms. The van der Waals surface area contributed by atoms with Crippen LogP contribution >= 0.6 is 0 Å². The van der Waals surface area contributed by atoms with E-state index in [-0.39, 0.29) is 5.57 Å². The van der Waals surface area contributed by atoms with Crippen molar-refractivity contribution in [3.8, 4) is 11.1 Å². The van der Waals surface area contributed by atoms with Crippen LogP contribution in [0.1, 0.15) is 25.0 Å². The monoisotopic (exact) mass is 351 g/mol. The van der Waals surface area contributed by atoms with Crippen LogP contribution in [0.15, 0.2) is 54.2 Å². The molecule has 0 saturated carbocycles. The smallest absolute Gasteiger partial charge is 0.350 e. The summed E-state index contributed by atoms with van der Waals surface area (Å²) in [6.07, 6.45) is 1.32. The molecule has 1 N–H and O–H groups in total. The van der Waals surface area contributed by atoms with E-state index in [1.807, 2.05) is 24.3 Å². The predicted molar refractivity (Wildman–Crippen MR) is 99.3 cm³/mol. The van der Waals surface area contributed by atoms with Gasteiger partial charge in [-0.25, -0.2) is 9.59 Å². The van der Waals surface area contributed by atoms with Crippen molar-refractivity contribution in [3.63, 3.8) is 0 Å². The van der Waals surface area contributed by atoms with Crippen LogP contribution in [0.2, 0.25) is 0 Å². The molecule has 0 amide bonds. The van der Waals surface area contributed by atoms with Gasteiger partial charge in [-0.15, -0.1) is 0 Å². The van der Waals surface area contributed by atoms with Gasteiger partial charge in [0.2, 0.25) is 0 Å². The summed E-state index contributed by atoms with van der Waals surface area (Å²) >= 11 is 0. The maximum Gasteiger partial charge on any atom is 0.350 e. The normalized spacial score (nSPS) is 15.9. The van der Waals surface area contributed by atoms with Gasteiger partial charge in [0, 0.05) is 25.7 Å². The standard InChI is InChI=1S/C21H21NO4/c1-13-8-9-16(10-14(13)2)15-6-5-7-17(11-15)22-12-18-19(23)25-21(3,4)26-20(18)24/h5-12,22H,1-4H3. The van der Waals surface area contributed by atoms with E-state index in [1.165, 1.54) is 31.2 Å². The zero-order valence-electron chi connectivity index (χ0n) is 15.3. The minimum atomic E-state index is -1.24. The minimum absolute atomic E-state index is 0.166. The first-order valence-corrected chi connectivity index (χ1v) is 8.36. The van der Waals surface area contributed by atoms with E-state index in [0.717, 1.165) is 16.8 Å². The summed E-state index contributed by atoms with van der Waals surface area (Å²) in [6, 6.07) is 14.0. The average molecular weight is 351 g/mol. The molecule has 2 aromatic carbocycles. The molecule has 26 heavy (non-hydrogen) atoms. The van der Waals surface area contributed by atoms with Crippen LogP contribution in [-0.4, -0.2) is 17.7 Å². The van der Waals surface area contributed by atoms with Gasteiger partial charge in [-0.05, 0) is 48.2 Å². The van der Waals surface area contributed by atoms with Crippen LogP contribution in [0.3, 0.4) is 0 Å². The molecule has 0 unspecified atom stereocenters. The lowest BCUT2D eigenvalue weighted by atomic mass is 10.0. The molecule has 0 radical (unpaired) electrons. The number of hydrogen-bond donors (Lipinski definition) is 1. The zero-order chi connectivity index (χ0) is 18.9. The lowest BCUT2D eigenvalue weighted by Gasteiger charge is -2.29. The Balaban J connectivity index is 1.82. The summed E-state index contributed by atoms with van der Waals surface area (Å²) in [6.45, 7) is 7.18. The number of ether oxygens (including phenoxy) is 2. The van der Waals surface area contributed by atoms with Crippen LogP contribution in [0.4, 0.5) is 5.69 Å². The summed E-state index contributed by atoms with van der Waals surface area (Å²) < 4.78 is 10.1. The summed E-state index contributed by atoms with van der Waals surface area (Å²) in [4.78, 5) is 23.9. The largest absolute Gasteiger partial charge is 0.419 e. The Labute approximate surface area is 152 Å². The van der Waals surface area contributed by atoms with Gasteiger partial charge >= 0.3 is 11.9 Å². The minimum Gasteiger partial charge on any atom is -0.419 e. The van der Waals surface area contributed by atoms with E-state index in [0.29, 0.717) is 0 Å². The number of anilines is 1. The molecule has 0 bridgehead atoms. The SMILES string of the molecule is Cc1ccc(-c2cccc(NC=C3C(=O)OC(C)(C)OC3=O)c2)cc1C. The number of esters is 2. The third kappa shape index (κ3) is 3.77. The predicted octanol–water partition coefficient (Wildman–Crippen LogP) is 4.10. The summed E-state index contributed by atoms with van der Waals surface area (Å²) in [5.41, 5.74) is 5.18. The Morgan fingerprint density at radius 3 is 2.19 bits per heavy atom. The Morgan fingerprint density at radius 2 is 1.54 bits per heavy atom. The first-order valence-electron chi connectivity index (χ1n) is 8.36. The van der Waals surface area contributed by atoms with Crippen molar-refractivity contribution < 1.29 is 19.1 Å². The fraction of sp³-hybridized carbons (Fsp3) is 0.238. The molecule has 1 fully saturated rings. The topological polar surface area (TPSA) is 64.6 Å². The van der Waals surface area contributed by atoms with Gasteiger partial charge in [0.15, 0.2) is 5.57 Å². The van der Waals surface area contributed by atoms with E-state index in [4.69, 9.17) is 9.47 Å². The van der Waals surface area contributed by atoms with Crippen LogP contribution in [0.5, 0.6) is 0 Å². The van der Waals surface area contributed by atoms with E-state index in [9.17, 15) is 9.59 Å². The van der Waals surface area contributed by atoms with Gasteiger partial charge in [-0.3, -0.25) is 0 Å². The summed E-state index contributed by atoms with van der Waals surface area (Å²) in [5.74, 6) is -2.65. The summed E-state index contributed by atoms with van der Waals surface area (Å²) in [7, 11) is 0. The van der Waals surface area contributed by atoms with Gasteiger partial charge in [-0.1, -0.05) is 30.3 Å². The number of rotatable bonds is 3. The zero-order valence-corrected chi connectivity index (χ0v) is 15.3. The van der Waals surface area contributed by atoms with Gasteiger partial charge < -0.3 is 14.8 Å². The van der Waals surface area contributed by atoms with Crippen molar-refractivity contribution in [1.29, 1.82) is 0 Å². The first-order chi connectivity index (χ1) is 12.2. The van der Waals surface area contributed by atoms with Crippen LogP contribution in [0.25, 0.3) is 11.1 Å². The van der Waals surface area contributed by atoms with Crippen LogP contribution < -0.4 is 5.32 Å². The molecule has 1 aliphatic heterocycles. The number of hydrogen-bond acceptors (Lipinski definition) is 5. The van der Waals surface area contributed by atoms with Crippen molar-refractivity contribution in [2.75, 3.05) is 5.32 Å². The first kappa shape index (κ1) is 17.7. The second-order valence-electron chi connectivity index (χ2n) is 6.76. The molecule has 2 aromatic rings. The van der Waals surface area contributed by atoms with Crippen molar-refractivity contribution >= 4 is 17.6 Å². The highest BCUT2D eigenvalue weighted by atomic mass is 16.7. The van der Waals surface area contributed by atoms with Gasteiger partial charge in [-0.2, -0.15) is 0 Å². The molecule has 1 saturated heterocycles. The quantitative estimate of drug-likeness (QED) is 0.512. The highest BCUT2D eigenvalue weighted by molar-refractivity contribution is 6.15. The Kier molecular flexibility index (Phi) is 4.55. The van der Waals surface area contributed by atoms with Gasteiger partial charge in [0.25, 0.3) is 5.79 Å². The van der Waals surface area contributed by atoms with E-state index < -0.39 is 17.7 Å². The Morgan fingerprint density at radius 1 is 0.885 bits per heavy atom. The maximum atomic E-state index is 12.0. The Bertz CT molecular complexity index is 890. The lowest BCUT2D eigenvalue weighted by Crippen LogP contribution is -2.42. The van der Waals surface area contributed by atoms with E-state index >= 15 is 0 Å². The number of cyclic esters (lactones) is 2. The van der Waals surface area contributed by atoms with Crippen molar-refractivity contribution in [2.24, 2.45) is 0 Å². The lowest BCUT2D eigenvalue weighted by molar-refractivity contribution is -0.222. The molecular weight excluding hydrogens is 330 g/mol. The van der Waals surface area contributed by atoms with E-state index in [2.05, 4.69) is 37.4 Å². The number of aryl methyl sites for hydroxylation is 2. The summed E-state index contributed by atoms with van der Waals surface area (Å²) in [5, 5.41) is 2.97. The molecule has 0 aromatic heterocycles. The number of carbonyl (C=O) groups excluding carboxylic acids is 2. The third-order valence-corrected chi connectivity index (χ3v) is 4.20. The number of benzene rings is 2. The highest BCUT2D eigenvalue weighted by Crippen LogP contribution is 2.26. The maximum absolute atomic E-state index is 12.0. The molecule has 1 heterocycles.